The predicted octanol–water partition coefficient (Wildman–Crippen LogP) is 2.34. The fraction of sp³-hybridized carbons (Fsp3) is 0.333. The number of hydrogen-bond donors (Lipinski definition) is 1. The second kappa shape index (κ2) is 3.37. The Hall–Kier alpha value is -1.05. The Morgan fingerprint density at radius 1 is 1.45 bits per heavy atom. The van der Waals surface area contributed by atoms with Gasteiger partial charge in [-0.05, 0) is 11.6 Å². The number of rotatable bonds is 2. The van der Waals surface area contributed by atoms with E-state index in [9.17, 15) is 4.39 Å². The average molecular weight is 153 g/mol. The zero-order chi connectivity index (χ0) is 8.27. The first kappa shape index (κ1) is 8.05. The molecule has 1 unspecified atom stereocenters. The van der Waals surface area contributed by atoms with Crippen LogP contribution in [0.5, 0.6) is 0 Å². The topological polar surface area (TPSA) is 26.0 Å². The molecule has 1 aromatic rings. The van der Waals surface area contributed by atoms with Crippen molar-refractivity contribution in [3.05, 3.63) is 29.8 Å². The van der Waals surface area contributed by atoms with Crippen LogP contribution < -0.4 is 5.73 Å². The van der Waals surface area contributed by atoms with Crippen LogP contribution in [0.1, 0.15) is 18.4 Å². The fourth-order valence-electron chi connectivity index (χ4n) is 1.04. The van der Waals surface area contributed by atoms with Crippen LogP contribution in [0.25, 0.3) is 0 Å². The van der Waals surface area contributed by atoms with Gasteiger partial charge < -0.3 is 5.73 Å². The van der Waals surface area contributed by atoms with Gasteiger partial charge in [0.1, 0.15) is 0 Å². The number of nitrogens with two attached hydrogens (primary N) is 1. The Balaban J connectivity index is 2.93. The van der Waals surface area contributed by atoms with Crippen molar-refractivity contribution in [1.82, 2.24) is 0 Å². The fourth-order valence-corrected chi connectivity index (χ4v) is 1.04. The van der Waals surface area contributed by atoms with E-state index in [4.69, 9.17) is 5.73 Å². The summed E-state index contributed by atoms with van der Waals surface area (Å²) in [7, 11) is 0. The third-order valence-corrected chi connectivity index (χ3v) is 1.76. The molecule has 1 nitrogen and oxygen atoms in total. The predicted molar refractivity (Wildman–Crippen MR) is 45.2 cm³/mol. The van der Waals surface area contributed by atoms with Crippen LogP contribution in [0, 0.1) is 0 Å². The van der Waals surface area contributed by atoms with Crippen LogP contribution in [-0.4, -0.2) is 6.67 Å². The summed E-state index contributed by atoms with van der Waals surface area (Å²) in [6, 6.07) is 7.38. The molecule has 0 saturated heterocycles. The van der Waals surface area contributed by atoms with Gasteiger partial charge in [-0.25, -0.2) is 0 Å². The molecule has 1 atom stereocenters. The number of anilines is 1. The van der Waals surface area contributed by atoms with Gasteiger partial charge in [-0.15, -0.1) is 0 Å². The minimum atomic E-state index is -0.353. The van der Waals surface area contributed by atoms with Crippen LogP contribution in [0.4, 0.5) is 10.1 Å². The third-order valence-electron chi connectivity index (χ3n) is 1.76. The van der Waals surface area contributed by atoms with Gasteiger partial charge in [-0.1, -0.05) is 25.1 Å². The van der Waals surface area contributed by atoms with E-state index in [1.807, 2.05) is 25.1 Å². The van der Waals surface area contributed by atoms with Gasteiger partial charge in [-0.3, -0.25) is 4.39 Å². The number of halogens is 1. The lowest BCUT2D eigenvalue weighted by molar-refractivity contribution is 0.448. The van der Waals surface area contributed by atoms with E-state index in [-0.39, 0.29) is 12.6 Å². The summed E-state index contributed by atoms with van der Waals surface area (Å²) < 4.78 is 12.2. The van der Waals surface area contributed by atoms with Gasteiger partial charge in [0.25, 0.3) is 0 Å². The van der Waals surface area contributed by atoms with Crippen molar-refractivity contribution < 1.29 is 4.39 Å². The van der Waals surface area contributed by atoms with E-state index in [0.717, 1.165) is 5.56 Å². The van der Waals surface area contributed by atoms with Gasteiger partial charge in [0.2, 0.25) is 0 Å². The summed E-state index contributed by atoms with van der Waals surface area (Å²) in [5.74, 6) is -0.0869. The van der Waals surface area contributed by atoms with Gasteiger partial charge >= 0.3 is 0 Å². The van der Waals surface area contributed by atoms with Crippen molar-refractivity contribution in [2.75, 3.05) is 12.4 Å². The lowest BCUT2D eigenvalue weighted by Crippen LogP contribution is -2.00. The van der Waals surface area contributed by atoms with Crippen molar-refractivity contribution >= 4 is 5.69 Å². The van der Waals surface area contributed by atoms with E-state index < -0.39 is 0 Å². The molecule has 0 amide bonds. The average Bonchev–Trinajstić information content (AvgIpc) is 2.04. The molecular formula is C9H12FN. The molecule has 1 aromatic carbocycles. The SMILES string of the molecule is CC(CF)c1ccccc1N. The molecule has 0 aliphatic heterocycles. The zero-order valence-corrected chi connectivity index (χ0v) is 6.55. The summed E-state index contributed by atoms with van der Waals surface area (Å²) in [4.78, 5) is 0. The minimum absolute atomic E-state index is 0.0869. The molecule has 2 N–H and O–H groups in total. The second-order valence-electron chi connectivity index (χ2n) is 2.68. The highest BCUT2D eigenvalue weighted by atomic mass is 19.1. The van der Waals surface area contributed by atoms with Crippen molar-refractivity contribution in [1.29, 1.82) is 0 Å². The smallest absolute Gasteiger partial charge is 0.0961 e. The first-order valence-electron chi connectivity index (χ1n) is 3.66. The molecule has 60 valence electrons. The Kier molecular flexibility index (Phi) is 2.47. The Bertz CT molecular complexity index is 235. The van der Waals surface area contributed by atoms with Gasteiger partial charge in [0.05, 0.1) is 6.67 Å². The van der Waals surface area contributed by atoms with Gasteiger partial charge in [-0.2, -0.15) is 0 Å². The Morgan fingerprint density at radius 3 is 2.64 bits per heavy atom. The van der Waals surface area contributed by atoms with Crippen molar-refractivity contribution in [2.45, 2.75) is 12.8 Å². The zero-order valence-electron chi connectivity index (χ0n) is 6.55. The number of alkyl halides is 1. The number of hydrogen-bond acceptors (Lipinski definition) is 1. The summed E-state index contributed by atoms with van der Waals surface area (Å²) in [5.41, 5.74) is 7.21. The van der Waals surface area contributed by atoms with Gasteiger partial charge in [0, 0.05) is 11.6 Å². The normalized spacial score (nSPS) is 12.9. The molecular weight excluding hydrogens is 141 g/mol. The molecule has 0 aliphatic rings. The van der Waals surface area contributed by atoms with E-state index in [2.05, 4.69) is 0 Å². The Labute approximate surface area is 66.0 Å². The maximum Gasteiger partial charge on any atom is 0.0961 e. The van der Waals surface area contributed by atoms with Crippen molar-refractivity contribution in [3.8, 4) is 0 Å². The van der Waals surface area contributed by atoms with E-state index in [1.54, 1.807) is 6.07 Å². The molecule has 0 radical (unpaired) electrons. The summed E-state index contributed by atoms with van der Waals surface area (Å²) in [5, 5.41) is 0. The monoisotopic (exact) mass is 153 g/mol. The molecule has 11 heavy (non-hydrogen) atoms. The molecule has 0 heterocycles. The summed E-state index contributed by atoms with van der Waals surface area (Å²) in [6.07, 6.45) is 0. The first-order valence-corrected chi connectivity index (χ1v) is 3.66. The number of benzene rings is 1. The largest absolute Gasteiger partial charge is 0.398 e. The van der Waals surface area contributed by atoms with Crippen LogP contribution in [-0.2, 0) is 0 Å². The van der Waals surface area contributed by atoms with Crippen LogP contribution in [0.3, 0.4) is 0 Å². The maximum absolute atomic E-state index is 12.2. The summed E-state index contributed by atoms with van der Waals surface area (Å²) >= 11 is 0. The summed E-state index contributed by atoms with van der Waals surface area (Å²) in [6.45, 7) is 1.47. The second-order valence-corrected chi connectivity index (χ2v) is 2.68. The molecule has 0 aliphatic carbocycles. The highest BCUT2D eigenvalue weighted by Crippen LogP contribution is 2.21. The standard InChI is InChI=1S/C9H12FN/c1-7(6-10)8-4-2-3-5-9(8)11/h2-5,7H,6,11H2,1H3. The molecule has 0 bridgehead atoms. The van der Waals surface area contributed by atoms with Crippen molar-refractivity contribution in [2.24, 2.45) is 0 Å². The highest BCUT2D eigenvalue weighted by molar-refractivity contribution is 5.48. The minimum Gasteiger partial charge on any atom is -0.398 e. The van der Waals surface area contributed by atoms with E-state index >= 15 is 0 Å². The molecule has 0 fully saturated rings. The first-order chi connectivity index (χ1) is 5.25. The number of nitrogen functional groups attached to an aromatic ring is 1. The van der Waals surface area contributed by atoms with E-state index in [0.29, 0.717) is 5.69 Å². The van der Waals surface area contributed by atoms with Crippen molar-refractivity contribution in [3.63, 3.8) is 0 Å². The van der Waals surface area contributed by atoms with Gasteiger partial charge in [0.15, 0.2) is 0 Å². The Morgan fingerprint density at radius 2 is 2.09 bits per heavy atom. The third kappa shape index (κ3) is 1.70. The van der Waals surface area contributed by atoms with Crippen LogP contribution in [0.2, 0.25) is 0 Å². The highest BCUT2D eigenvalue weighted by Gasteiger charge is 2.06. The van der Waals surface area contributed by atoms with E-state index in [1.165, 1.54) is 0 Å². The molecule has 1 rings (SSSR count). The lowest BCUT2D eigenvalue weighted by atomic mass is 10.0. The maximum atomic E-state index is 12.2. The molecule has 0 saturated carbocycles. The van der Waals surface area contributed by atoms with Crippen LogP contribution in [0.15, 0.2) is 24.3 Å². The lowest BCUT2D eigenvalue weighted by Gasteiger charge is -2.09. The quantitative estimate of drug-likeness (QED) is 0.648. The van der Waals surface area contributed by atoms with Crippen LogP contribution >= 0.6 is 0 Å². The number of para-hydroxylation sites is 1. The molecule has 0 spiro atoms. The molecule has 2 heteroatoms. The molecule has 0 aromatic heterocycles.